The predicted molar refractivity (Wildman–Crippen MR) is 64.6 cm³/mol. The molecule has 0 N–H and O–H groups in total. The molecular weight excluding hydrogens is 274 g/mol. The van der Waals surface area contributed by atoms with Crippen molar-refractivity contribution in [3.8, 4) is 5.75 Å². The lowest BCUT2D eigenvalue weighted by molar-refractivity contribution is -0.404. The fourth-order valence-corrected chi connectivity index (χ4v) is 1.59. The molecule has 10 heteroatoms. The van der Waals surface area contributed by atoms with Gasteiger partial charge in [0.15, 0.2) is 0 Å². The second kappa shape index (κ2) is 5.07. The minimum absolute atomic E-state index is 0.124. The molecule has 0 amide bonds. The maximum Gasteiger partial charge on any atom is 0.325 e. The molecule has 10 nitrogen and oxygen atoms in total. The van der Waals surface area contributed by atoms with Crippen molar-refractivity contribution >= 4 is 17.1 Å². The zero-order valence-electron chi connectivity index (χ0n) is 10.1. The minimum Gasteiger partial charge on any atom is -0.482 e. The highest BCUT2D eigenvalue weighted by Crippen LogP contribution is 2.41. The van der Waals surface area contributed by atoms with Crippen LogP contribution in [0.15, 0.2) is 12.1 Å². The summed E-state index contributed by atoms with van der Waals surface area (Å²) < 4.78 is 5.14. The van der Waals surface area contributed by atoms with Crippen molar-refractivity contribution in [2.75, 3.05) is 6.61 Å². The van der Waals surface area contributed by atoms with Gasteiger partial charge >= 0.3 is 11.4 Å². The summed E-state index contributed by atoms with van der Waals surface area (Å²) in [5.41, 5.74) is -2.26. The van der Waals surface area contributed by atoms with Crippen molar-refractivity contribution < 1.29 is 19.5 Å². The second-order valence-corrected chi connectivity index (χ2v) is 4.34. The molecule has 106 valence electrons. The normalized spacial score (nSPS) is 13.8. The van der Waals surface area contributed by atoms with Crippen LogP contribution in [-0.4, -0.2) is 21.4 Å². The van der Waals surface area contributed by atoms with Crippen LogP contribution in [0.2, 0.25) is 0 Å². The Kier molecular flexibility index (Phi) is 3.46. The van der Waals surface area contributed by atoms with Crippen LogP contribution in [0.1, 0.15) is 12.8 Å². The van der Waals surface area contributed by atoms with Crippen LogP contribution in [0.4, 0.5) is 17.1 Å². The molecule has 20 heavy (non-hydrogen) atoms. The van der Waals surface area contributed by atoms with Gasteiger partial charge in [0.25, 0.3) is 11.4 Å². The summed E-state index contributed by atoms with van der Waals surface area (Å²) >= 11 is 0. The average Bonchev–Trinajstić information content (AvgIpc) is 3.18. The number of nitrogens with zero attached hydrogens (tertiary/aromatic N) is 3. The summed E-state index contributed by atoms with van der Waals surface area (Å²) in [7, 11) is 0. The quantitative estimate of drug-likeness (QED) is 0.575. The van der Waals surface area contributed by atoms with E-state index in [1.165, 1.54) is 0 Å². The fourth-order valence-electron chi connectivity index (χ4n) is 1.59. The molecule has 0 atom stereocenters. The number of rotatable bonds is 6. The highest BCUT2D eigenvalue weighted by atomic mass is 16.6. The maximum atomic E-state index is 10.9. The first-order valence-electron chi connectivity index (χ1n) is 5.64. The van der Waals surface area contributed by atoms with Crippen LogP contribution >= 0.6 is 0 Å². The van der Waals surface area contributed by atoms with Crippen molar-refractivity contribution in [3.05, 3.63) is 42.5 Å². The lowest BCUT2D eigenvalue weighted by Crippen LogP contribution is -2.06. The third kappa shape index (κ3) is 2.79. The Balaban J connectivity index is 2.50. The monoisotopic (exact) mass is 283 g/mol. The zero-order chi connectivity index (χ0) is 14.9. The Morgan fingerprint density at radius 2 is 1.50 bits per heavy atom. The summed E-state index contributed by atoms with van der Waals surface area (Å²) in [6.45, 7) is 0.124. The van der Waals surface area contributed by atoms with Gasteiger partial charge in [0.2, 0.25) is 0 Å². The van der Waals surface area contributed by atoms with Gasteiger partial charge in [-0.1, -0.05) is 0 Å². The highest BCUT2D eigenvalue weighted by Gasteiger charge is 2.33. The Morgan fingerprint density at radius 1 is 1.00 bits per heavy atom. The molecule has 2 rings (SSSR count). The Labute approximate surface area is 111 Å². The smallest absolute Gasteiger partial charge is 0.325 e. The van der Waals surface area contributed by atoms with E-state index in [0.717, 1.165) is 12.8 Å². The molecule has 1 fully saturated rings. The van der Waals surface area contributed by atoms with Gasteiger partial charge in [-0.2, -0.15) is 0 Å². The van der Waals surface area contributed by atoms with Crippen molar-refractivity contribution in [3.63, 3.8) is 0 Å². The molecule has 1 aromatic rings. The fraction of sp³-hybridized carbons (Fsp3) is 0.400. The van der Waals surface area contributed by atoms with Crippen molar-refractivity contribution in [1.29, 1.82) is 0 Å². The van der Waals surface area contributed by atoms with E-state index in [2.05, 4.69) is 0 Å². The molecule has 0 unspecified atom stereocenters. The van der Waals surface area contributed by atoms with E-state index in [4.69, 9.17) is 4.74 Å². The van der Waals surface area contributed by atoms with Crippen molar-refractivity contribution in [2.24, 2.45) is 5.92 Å². The van der Waals surface area contributed by atoms with Gasteiger partial charge < -0.3 is 4.74 Å². The standard InChI is InChI=1S/C10H9N3O7/c14-11(15)7-3-8(12(16)17)10(9(4-7)13(18)19)20-5-6-1-2-6/h3-4,6H,1-2,5H2. The third-order valence-corrected chi connectivity index (χ3v) is 2.80. The number of benzene rings is 1. The van der Waals surface area contributed by atoms with E-state index < -0.39 is 37.6 Å². The van der Waals surface area contributed by atoms with E-state index >= 15 is 0 Å². The van der Waals surface area contributed by atoms with Crippen LogP contribution in [0.5, 0.6) is 5.75 Å². The Bertz CT molecular complexity index is 562. The third-order valence-electron chi connectivity index (χ3n) is 2.80. The van der Waals surface area contributed by atoms with E-state index in [1.807, 2.05) is 0 Å². The maximum absolute atomic E-state index is 10.9. The van der Waals surface area contributed by atoms with E-state index in [1.54, 1.807) is 0 Å². The average molecular weight is 283 g/mol. The molecule has 1 aliphatic carbocycles. The Morgan fingerprint density at radius 3 is 1.85 bits per heavy atom. The van der Waals surface area contributed by atoms with Gasteiger partial charge in [0.05, 0.1) is 33.5 Å². The highest BCUT2D eigenvalue weighted by molar-refractivity contribution is 5.65. The first-order chi connectivity index (χ1) is 9.40. The van der Waals surface area contributed by atoms with Crippen molar-refractivity contribution in [2.45, 2.75) is 12.8 Å². The van der Waals surface area contributed by atoms with Crippen LogP contribution < -0.4 is 4.74 Å². The number of hydrogen-bond acceptors (Lipinski definition) is 7. The molecule has 0 aliphatic heterocycles. The molecule has 1 aliphatic rings. The SMILES string of the molecule is O=[N+]([O-])c1cc([N+](=O)[O-])c(OCC2CC2)c([N+](=O)[O-])c1. The first-order valence-corrected chi connectivity index (χ1v) is 5.64. The first kappa shape index (κ1) is 13.6. The molecule has 1 saturated carbocycles. The van der Waals surface area contributed by atoms with Gasteiger partial charge in [-0.3, -0.25) is 30.3 Å². The topological polar surface area (TPSA) is 139 Å². The number of hydrogen-bond donors (Lipinski definition) is 0. The summed E-state index contributed by atoms with van der Waals surface area (Å²) in [5.74, 6) is -0.304. The molecule has 0 saturated heterocycles. The van der Waals surface area contributed by atoms with Gasteiger partial charge in [-0.05, 0) is 18.8 Å². The van der Waals surface area contributed by atoms with E-state index in [0.29, 0.717) is 12.1 Å². The van der Waals surface area contributed by atoms with Crippen LogP contribution in [0.3, 0.4) is 0 Å². The molecule has 1 aromatic carbocycles. The van der Waals surface area contributed by atoms with E-state index in [9.17, 15) is 30.3 Å². The summed E-state index contributed by atoms with van der Waals surface area (Å²) in [5, 5.41) is 32.5. The lowest BCUT2D eigenvalue weighted by Gasteiger charge is -2.06. The number of nitro groups is 3. The van der Waals surface area contributed by atoms with E-state index in [-0.39, 0.29) is 12.5 Å². The zero-order valence-corrected chi connectivity index (χ0v) is 10.1. The number of non-ortho nitro benzene ring substituents is 1. The molecular formula is C10H9N3O7. The molecule has 0 bridgehead atoms. The van der Waals surface area contributed by atoms with Gasteiger partial charge in [-0.15, -0.1) is 0 Å². The van der Waals surface area contributed by atoms with Crippen LogP contribution in [0.25, 0.3) is 0 Å². The molecule has 0 aromatic heterocycles. The van der Waals surface area contributed by atoms with Crippen molar-refractivity contribution in [1.82, 2.24) is 0 Å². The molecule has 0 spiro atoms. The molecule has 0 radical (unpaired) electrons. The number of nitro benzene ring substituents is 3. The largest absolute Gasteiger partial charge is 0.482 e. The summed E-state index contributed by atoms with van der Waals surface area (Å²) in [6, 6.07) is 1.32. The van der Waals surface area contributed by atoms with Crippen LogP contribution in [-0.2, 0) is 0 Å². The second-order valence-electron chi connectivity index (χ2n) is 4.34. The van der Waals surface area contributed by atoms with Gasteiger partial charge in [0, 0.05) is 0 Å². The minimum atomic E-state index is -0.928. The van der Waals surface area contributed by atoms with Gasteiger partial charge in [-0.25, -0.2) is 0 Å². The Hall–Kier alpha value is -2.78. The van der Waals surface area contributed by atoms with Gasteiger partial charge in [0.1, 0.15) is 0 Å². The number of ether oxygens (including phenoxy) is 1. The molecule has 0 heterocycles. The lowest BCUT2D eigenvalue weighted by atomic mass is 10.2. The predicted octanol–water partition coefficient (Wildman–Crippen LogP) is 2.20. The summed E-state index contributed by atoms with van der Waals surface area (Å²) in [4.78, 5) is 29.7. The van der Waals surface area contributed by atoms with Crippen LogP contribution in [0, 0.1) is 36.3 Å². The summed E-state index contributed by atoms with van der Waals surface area (Å²) in [6.07, 6.45) is 1.79.